The smallest absolute Gasteiger partial charge is 0.138 e. The summed E-state index contributed by atoms with van der Waals surface area (Å²) >= 11 is 1.57. The molecule has 1 fully saturated rings. The number of phenols is 1. The van der Waals surface area contributed by atoms with E-state index in [4.69, 9.17) is 10.5 Å². The average Bonchev–Trinajstić information content (AvgIpc) is 2.44. The Bertz CT molecular complexity index is 597. The molecule has 0 bridgehead atoms. The van der Waals surface area contributed by atoms with Crippen molar-refractivity contribution < 1.29 is 9.84 Å². The van der Waals surface area contributed by atoms with Crippen LogP contribution >= 0.6 is 11.9 Å². The molecule has 100 valence electrons. The molecule has 5 heteroatoms. The van der Waals surface area contributed by atoms with E-state index in [1.54, 1.807) is 11.9 Å². The van der Waals surface area contributed by atoms with E-state index < -0.39 is 0 Å². The summed E-state index contributed by atoms with van der Waals surface area (Å²) < 4.78 is 7.52. The zero-order chi connectivity index (χ0) is 13.2. The minimum Gasteiger partial charge on any atom is -0.506 e. The third kappa shape index (κ3) is 2.49. The predicted molar refractivity (Wildman–Crippen MR) is 78.3 cm³/mol. The first kappa shape index (κ1) is 12.6. The molecule has 1 saturated heterocycles. The highest BCUT2D eigenvalue weighted by molar-refractivity contribution is 7.97. The molecule has 1 aliphatic rings. The summed E-state index contributed by atoms with van der Waals surface area (Å²) in [6.07, 6.45) is 0. The van der Waals surface area contributed by atoms with E-state index in [9.17, 15) is 5.11 Å². The minimum absolute atomic E-state index is 0.307. The maximum Gasteiger partial charge on any atom is 0.138 e. The second-order valence-electron chi connectivity index (χ2n) is 4.49. The van der Waals surface area contributed by atoms with Gasteiger partial charge in [-0.25, -0.2) is 4.31 Å². The van der Waals surface area contributed by atoms with E-state index >= 15 is 0 Å². The highest BCUT2D eigenvalue weighted by Gasteiger charge is 2.15. The number of ether oxygens (including phenoxy) is 1. The molecule has 2 aromatic carbocycles. The Kier molecular flexibility index (Phi) is 3.50. The molecule has 0 aliphatic carbocycles. The number of fused-ring (bicyclic) bond motifs is 1. The number of benzene rings is 2. The van der Waals surface area contributed by atoms with Gasteiger partial charge in [-0.15, -0.1) is 0 Å². The third-order valence-electron chi connectivity index (χ3n) is 3.23. The molecule has 2 aromatic rings. The Morgan fingerprint density at radius 3 is 2.68 bits per heavy atom. The molecule has 0 unspecified atom stereocenters. The zero-order valence-electron chi connectivity index (χ0n) is 10.5. The lowest BCUT2D eigenvalue weighted by atomic mass is 10.1. The van der Waals surface area contributed by atoms with Gasteiger partial charge in [-0.05, 0) is 24.1 Å². The van der Waals surface area contributed by atoms with E-state index in [0.29, 0.717) is 11.4 Å². The molecule has 19 heavy (non-hydrogen) atoms. The highest BCUT2D eigenvalue weighted by Crippen LogP contribution is 2.38. The number of rotatable bonds is 2. The van der Waals surface area contributed by atoms with Crippen molar-refractivity contribution in [3.63, 3.8) is 0 Å². The summed E-state index contributed by atoms with van der Waals surface area (Å²) in [4.78, 5) is 0.861. The molecule has 0 spiro atoms. The van der Waals surface area contributed by atoms with Crippen molar-refractivity contribution in [2.45, 2.75) is 4.90 Å². The van der Waals surface area contributed by atoms with Gasteiger partial charge in [0.2, 0.25) is 0 Å². The number of hydrogen-bond acceptors (Lipinski definition) is 5. The van der Waals surface area contributed by atoms with Crippen LogP contribution in [0.25, 0.3) is 10.8 Å². The van der Waals surface area contributed by atoms with Gasteiger partial charge >= 0.3 is 0 Å². The van der Waals surface area contributed by atoms with Crippen molar-refractivity contribution in [3.8, 4) is 5.75 Å². The molecule has 0 saturated carbocycles. The molecule has 4 nitrogen and oxygen atoms in total. The molecule has 1 aliphatic heterocycles. The van der Waals surface area contributed by atoms with Gasteiger partial charge in [-0.3, -0.25) is 0 Å². The number of anilines is 1. The molecule has 0 aromatic heterocycles. The van der Waals surface area contributed by atoms with Crippen LogP contribution in [0.4, 0.5) is 5.69 Å². The van der Waals surface area contributed by atoms with Crippen molar-refractivity contribution >= 4 is 28.4 Å². The minimum atomic E-state index is 0.307. The number of aromatic hydroxyl groups is 1. The van der Waals surface area contributed by atoms with Crippen molar-refractivity contribution in [2.75, 3.05) is 32.0 Å². The SMILES string of the molecule is Nc1cccc2c(O)c(SN3CCOCC3)ccc12. The Morgan fingerprint density at radius 2 is 1.89 bits per heavy atom. The van der Waals surface area contributed by atoms with Gasteiger partial charge in [0.05, 0.1) is 18.1 Å². The number of hydrogen-bond donors (Lipinski definition) is 2. The summed E-state index contributed by atoms with van der Waals surface area (Å²) in [7, 11) is 0. The first-order valence-electron chi connectivity index (χ1n) is 6.26. The molecular weight excluding hydrogens is 260 g/mol. The average molecular weight is 276 g/mol. The van der Waals surface area contributed by atoms with E-state index in [1.807, 2.05) is 30.3 Å². The van der Waals surface area contributed by atoms with E-state index in [0.717, 1.165) is 42.0 Å². The van der Waals surface area contributed by atoms with E-state index in [1.165, 1.54) is 0 Å². The zero-order valence-corrected chi connectivity index (χ0v) is 11.3. The molecule has 0 radical (unpaired) electrons. The Morgan fingerprint density at radius 1 is 1.11 bits per heavy atom. The van der Waals surface area contributed by atoms with Crippen molar-refractivity contribution in [2.24, 2.45) is 0 Å². The van der Waals surface area contributed by atoms with Crippen LogP contribution in [0, 0.1) is 0 Å². The van der Waals surface area contributed by atoms with Crippen LogP contribution in [0.3, 0.4) is 0 Å². The normalized spacial score (nSPS) is 16.8. The number of morpholine rings is 1. The first-order valence-corrected chi connectivity index (χ1v) is 7.04. The summed E-state index contributed by atoms with van der Waals surface area (Å²) in [5.41, 5.74) is 6.61. The maximum absolute atomic E-state index is 10.4. The Hall–Kier alpha value is -1.43. The molecule has 0 amide bonds. The van der Waals surface area contributed by atoms with Crippen molar-refractivity contribution in [3.05, 3.63) is 30.3 Å². The van der Waals surface area contributed by atoms with Gasteiger partial charge in [-0.2, -0.15) is 0 Å². The number of nitrogens with two attached hydrogens (primary N) is 1. The summed E-state index contributed by atoms with van der Waals surface area (Å²) in [5.74, 6) is 0.307. The van der Waals surface area contributed by atoms with Crippen LogP contribution in [0.2, 0.25) is 0 Å². The van der Waals surface area contributed by atoms with Gasteiger partial charge in [0.15, 0.2) is 0 Å². The quantitative estimate of drug-likeness (QED) is 0.652. The molecular formula is C14H16N2O2S. The fraction of sp³-hybridized carbons (Fsp3) is 0.286. The highest BCUT2D eigenvalue weighted by atomic mass is 32.2. The summed E-state index contributed by atoms with van der Waals surface area (Å²) in [6.45, 7) is 3.24. The van der Waals surface area contributed by atoms with Crippen molar-refractivity contribution in [1.82, 2.24) is 4.31 Å². The van der Waals surface area contributed by atoms with Crippen LogP contribution in [0.1, 0.15) is 0 Å². The predicted octanol–water partition coefficient (Wildman–Crippen LogP) is 2.47. The van der Waals surface area contributed by atoms with E-state index in [2.05, 4.69) is 4.31 Å². The summed E-state index contributed by atoms with van der Waals surface area (Å²) in [5, 5.41) is 12.1. The largest absolute Gasteiger partial charge is 0.506 e. The number of nitrogens with zero attached hydrogens (tertiary/aromatic N) is 1. The lowest BCUT2D eigenvalue weighted by Gasteiger charge is -2.25. The van der Waals surface area contributed by atoms with Crippen LogP contribution in [0.5, 0.6) is 5.75 Å². The van der Waals surface area contributed by atoms with Gasteiger partial charge in [0.25, 0.3) is 0 Å². The third-order valence-corrected chi connectivity index (χ3v) is 4.38. The molecule has 3 rings (SSSR count). The second-order valence-corrected chi connectivity index (χ2v) is 5.63. The lowest BCUT2D eigenvalue weighted by Crippen LogP contribution is -2.30. The fourth-order valence-electron chi connectivity index (χ4n) is 2.20. The summed E-state index contributed by atoms with van der Waals surface area (Å²) in [6, 6.07) is 9.49. The van der Waals surface area contributed by atoms with Crippen LogP contribution in [0.15, 0.2) is 35.2 Å². The van der Waals surface area contributed by atoms with Gasteiger partial charge in [-0.1, -0.05) is 18.2 Å². The van der Waals surface area contributed by atoms with Crippen LogP contribution in [-0.4, -0.2) is 35.7 Å². The lowest BCUT2D eigenvalue weighted by molar-refractivity contribution is 0.0773. The first-order chi connectivity index (χ1) is 9.25. The fourth-order valence-corrected chi connectivity index (χ4v) is 3.13. The van der Waals surface area contributed by atoms with Gasteiger partial charge < -0.3 is 15.6 Å². The standard InChI is InChI=1S/C14H16N2O2S/c15-12-3-1-2-11-10(12)4-5-13(14(11)17)19-16-6-8-18-9-7-16/h1-5,17H,6-9,15H2. The topological polar surface area (TPSA) is 58.7 Å². The second kappa shape index (κ2) is 5.28. The molecule has 3 N–H and O–H groups in total. The number of nitrogen functional groups attached to an aromatic ring is 1. The Labute approximate surface area is 116 Å². The van der Waals surface area contributed by atoms with Crippen LogP contribution in [-0.2, 0) is 4.74 Å². The Balaban J connectivity index is 1.93. The van der Waals surface area contributed by atoms with Gasteiger partial charge in [0, 0.05) is 29.5 Å². The maximum atomic E-state index is 10.4. The number of phenolic OH excluding ortho intramolecular Hbond substituents is 1. The van der Waals surface area contributed by atoms with E-state index in [-0.39, 0.29) is 0 Å². The van der Waals surface area contributed by atoms with Gasteiger partial charge in [0.1, 0.15) is 5.75 Å². The molecule has 1 heterocycles. The molecule has 0 atom stereocenters. The monoisotopic (exact) mass is 276 g/mol. The van der Waals surface area contributed by atoms with Crippen LogP contribution < -0.4 is 5.73 Å². The van der Waals surface area contributed by atoms with Crippen molar-refractivity contribution in [1.29, 1.82) is 0 Å².